The number of nitrogens with one attached hydrogen (secondary N) is 1. The van der Waals surface area contributed by atoms with Gasteiger partial charge in [0.2, 0.25) is 5.91 Å². The number of rotatable bonds is 5. The van der Waals surface area contributed by atoms with Gasteiger partial charge in [0, 0.05) is 18.8 Å². The fourth-order valence-corrected chi connectivity index (χ4v) is 3.15. The van der Waals surface area contributed by atoms with Crippen LogP contribution in [0.2, 0.25) is 0 Å². The normalized spacial score (nSPS) is 20.3. The molecule has 1 aliphatic heterocycles. The predicted molar refractivity (Wildman–Crippen MR) is 95.1 cm³/mol. The molecule has 1 heterocycles. The number of hydrogen-bond acceptors (Lipinski definition) is 3. The number of carbonyl (C=O) groups excluding carboxylic acids is 1. The lowest BCUT2D eigenvalue weighted by molar-refractivity contribution is -0.122. The van der Waals surface area contributed by atoms with Crippen molar-refractivity contribution >= 4 is 22.4 Å². The molecule has 3 rings (SSSR count). The highest BCUT2D eigenvalue weighted by Gasteiger charge is 2.39. The van der Waals surface area contributed by atoms with E-state index in [0.29, 0.717) is 6.54 Å². The first kappa shape index (κ1) is 15.7. The third-order valence-corrected chi connectivity index (χ3v) is 4.39. The molecule has 0 saturated carbocycles. The fourth-order valence-electron chi connectivity index (χ4n) is 3.15. The van der Waals surface area contributed by atoms with Gasteiger partial charge in [-0.25, -0.2) is 0 Å². The van der Waals surface area contributed by atoms with Gasteiger partial charge < -0.3 is 10.2 Å². The van der Waals surface area contributed by atoms with Crippen LogP contribution in [-0.4, -0.2) is 49.7 Å². The topological polar surface area (TPSA) is 44.7 Å². The highest BCUT2D eigenvalue weighted by molar-refractivity contribution is 6.06. The first-order valence-corrected chi connectivity index (χ1v) is 8.02. The summed E-state index contributed by atoms with van der Waals surface area (Å²) in [5.41, 5.74) is 2.23. The van der Waals surface area contributed by atoms with Crippen LogP contribution in [0, 0.1) is 0 Å². The van der Waals surface area contributed by atoms with Gasteiger partial charge in [0.25, 0.3) is 0 Å². The summed E-state index contributed by atoms with van der Waals surface area (Å²) in [6, 6.07) is 14.3. The van der Waals surface area contributed by atoms with Crippen molar-refractivity contribution in [1.29, 1.82) is 0 Å². The number of nitrogens with zero attached hydrogens (tertiary/aromatic N) is 2. The second kappa shape index (κ2) is 6.50. The lowest BCUT2D eigenvalue weighted by atomic mass is 9.80. The smallest absolute Gasteiger partial charge is 0.245 e. The molecule has 0 aliphatic carbocycles. The highest BCUT2D eigenvalue weighted by atomic mass is 16.2. The van der Waals surface area contributed by atoms with E-state index in [2.05, 4.69) is 45.5 Å². The summed E-state index contributed by atoms with van der Waals surface area (Å²) in [6.45, 7) is 3.50. The summed E-state index contributed by atoms with van der Waals surface area (Å²) >= 11 is 0. The molecule has 0 saturated heterocycles. The van der Waals surface area contributed by atoms with E-state index in [1.165, 1.54) is 16.3 Å². The minimum absolute atomic E-state index is 0.0235. The van der Waals surface area contributed by atoms with Crippen LogP contribution in [0.15, 0.2) is 47.5 Å². The van der Waals surface area contributed by atoms with E-state index >= 15 is 0 Å². The number of carbonyl (C=O) groups is 1. The minimum atomic E-state index is -0.303. The van der Waals surface area contributed by atoms with E-state index < -0.39 is 0 Å². The molecule has 23 heavy (non-hydrogen) atoms. The fraction of sp³-hybridized carbons (Fsp3) is 0.368. The van der Waals surface area contributed by atoms with E-state index in [-0.39, 0.29) is 17.9 Å². The van der Waals surface area contributed by atoms with Crippen LogP contribution in [0.4, 0.5) is 0 Å². The molecule has 0 aromatic heterocycles. The molecule has 0 bridgehead atoms. The Morgan fingerprint density at radius 1 is 1.17 bits per heavy atom. The van der Waals surface area contributed by atoms with Crippen LogP contribution in [0.25, 0.3) is 10.8 Å². The second-order valence-electron chi connectivity index (χ2n) is 6.36. The Morgan fingerprint density at radius 3 is 2.65 bits per heavy atom. The molecule has 2 aromatic carbocycles. The van der Waals surface area contributed by atoms with E-state index in [0.717, 1.165) is 12.3 Å². The van der Waals surface area contributed by atoms with Crippen molar-refractivity contribution in [2.24, 2.45) is 4.99 Å². The molecule has 120 valence electrons. The quantitative estimate of drug-likeness (QED) is 0.922. The standard InChI is InChI=1S/C19H23N3O/c1-13-17(18(21-13)19(23)20-11-12-22(2)3)16-10-6-8-14-7-4-5-9-15(14)16/h4-10,17-18H,11-12H2,1-3H3,(H,20,23). The maximum Gasteiger partial charge on any atom is 0.245 e. The molecule has 0 spiro atoms. The summed E-state index contributed by atoms with van der Waals surface area (Å²) in [5, 5.41) is 5.41. The monoisotopic (exact) mass is 309 g/mol. The largest absolute Gasteiger partial charge is 0.353 e. The van der Waals surface area contributed by atoms with Crippen molar-refractivity contribution in [3.05, 3.63) is 48.0 Å². The van der Waals surface area contributed by atoms with Gasteiger partial charge in [-0.05, 0) is 37.4 Å². The third-order valence-electron chi connectivity index (χ3n) is 4.39. The van der Waals surface area contributed by atoms with Crippen LogP contribution in [0.1, 0.15) is 18.4 Å². The Morgan fingerprint density at radius 2 is 1.91 bits per heavy atom. The molecule has 1 aliphatic rings. The molecule has 1 N–H and O–H groups in total. The lowest BCUT2D eigenvalue weighted by Crippen LogP contribution is -2.47. The highest BCUT2D eigenvalue weighted by Crippen LogP contribution is 2.36. The van der Waals surface area contributed by atoms with Gasteiger partial charge in [-0.3, -0.25) is 9.79 Å². The molecule has 0 radical (unpaired) electrons. The van der Waals surface area contributed by atoms with Crippen LogP contribution in [0.5, 0.6) is 0 Å². The third kappa shape index (κ3) is 3.13. The molecule has 2 atom stereocenters. The van der Waals surface area contributed by atoms with Crippen LogP contribution in [-0.2, 0) is 4.79 Å². The maximum absolute atomic E-state index is 12.4. The zero-order valence-corrected chi connectivity index (χ0v) is 13.9. The Balaban J connectivity index is 1.81. The molecular weight excluding hydrogens is 286 g/mol. The van der Waals surface area contributed by atoms with Crippen LogP contribution in [0.3, 0.4) is 0 Å². The maximum atomic E-state index is 12.4. The van der Waals surface area contributed by atoms with E-state index in [1.807, 2.05) is 33.2 Å². The average Bonchev–Trinajstić information content (AvgIpc) is 2.52. The van der Waals surface area contributed by atoms with Gasteiger partial charge in [-0.1, -0.05) is 42.5 Å². The van der Waals surface area contributed by atoms with Crippen molar-refractivity contribution in [2.75, 3.05) is 27.2 Å². The van der Waals surface area contributed by atoms with Gasteiger partial charge in [0.15, 0.2) is 0 Å². The minimum Gasteiger partial charge on any atom is -0.353 e. The molecule has 0 fully saturated rings. The van der Waals surface area contributed by atoms with Crippen molar-refractivity contribution in [3.63, 3.8) is 0 Å². The summed E-state index contributed by atoms with van der Waals surface area (Å²) in [4.78, 5) is 19.0. The number of amides is 1. The zero-order valence-electron chi connectivity index (χ0n) is 13.9. The van der Waals surface area contributed by atoms with Crippen LogP contribution >= 0.6 is 0 Å². The number of benzene rings is 2. The second-order valence-corrected chi connectivity index (χ2v) is 6.36. The van der Waals surface area contributed by atoms with Gasteiger partial charge >= 0.3 is 0 Å². The van der Waals surface area contributed by atoms with Gasteiger partial charge in [-0.2, -0.15) is 0 Å². The molecular formula is C19H23N3O. The van der Waals surface area contributed by atoms with Crippen molar-refractivity contribution in [1.82, 2.24) is 10.2 Å². The number of hydrogen-bond donors (Lipinski definition) is 1. The van der Waals surface area contributed by atoms with Crippen molar-refractivity contribution in [2.45, 2.75) is 18.9 Å². The Hall–Kier alpha value is -2.20. The summed E-state index contributed by atoms with van der Waals surface area (Å²) < 4.78 is 0. The SMILES string of the molecule is CC1=NC(C(=O)NCCN(C)C)C1c1cccc2ccccc12. The lowest BCUT2D eigenvalue weighted by Gasteiger charge is -2.33. The van der Waals surface area contributed by atoms with E-state index in [1.54, 1.807) is 0 Å². The summed E-state index contributed by atoms with van der Waals surface area (Å²) in [7, 11) is 3.99. The first-order valence-electron chi connectivity index (χ1n) is 8.02. The molecule has 2 unspecified atom stereocenters. The van der Waals surface area contributed by atoms with Gasteiger partial charge in [0.05, 0.1) is 5.92 Å². The van der Waals surface area contributed by atoms with E-state index in [4.69, 9.17) is 0 Å². The first-order chi connectivity index (χ1) is 11.1. The Kier molecular flexibility index (Phi) is 4.44. The molecule has 1 amide bonds. The number of aliphatic imine (C=N–C) groups is 1. The molecule has 2 aromatic rings. The summed E-state index contributed by atoms with van der Waals surface area (Å²) in [6.07, 6.45) is 0. The van der Waals surface area contributed by atoms with Crippen LogP contribution < -0.4 is 5.32 Å². The Labute approximate surface area is 137 Å². The summed E-state index contributed by atoms with van der Waals surface area (Å²) in [5.74, 6) is 0.107. The zero-order chi connectivity index (χ0) is 16.4. The number of fused-ring (bicyclic) bond motifs is 1. The molecule has 4 heteroatoms. The predicted octanol–water partition coefficient (Wildman–Crippen LogP) is 2.44. The van der Waals surface area contributed by atoms with Crippen molar-refractivity contribution < 1.29 is 4.79 Å². The average molecular weight is 309 g/mol. The number of likely N-dealkylation sites (N-methyl/N-ethyl adjacent to an activating group) is 1. The molecule has 4 nitrogen and oxygen atoms in total. The van der Waals surface area contributed by atoms with Crippen molar-refractivity contribution in [3.8, 4) is 0 Å². The van der Waals surface area contributed by atoms with Gasteiger partial charge in [-0.15, -0.1) is 0 Å². The Bertz CT molecular complexity index is 746. The van der Waals surface area contributed by atoms with E-state index in [9.17, 15) is 4.79 Å². The van der Waals surface area contributed by atoms with Gasteiger partial charge in [0.1, 0.15) is 6.04 Å².